The van der Waals surface area contributed by atoms with Crippen LogP contribution in [0.25, 0.3) is 0 Å². The van der Waals surface area contributed by atoms with Crippen molar-refractivity contribution < 1.29 is 9.59 Å². The Morgan fingerprint density at radius 3 is 2.15 bits per heavy atom. The highest BCUT2D eigenvalue weighted by Crippen LogP contribution is 2.22. The summed E-state index contributed by atoms with van der Waals surface area (Å²) in [4.78, 5) is 24.0. The fourth-order valence-corrected chi connectivity index (χ4v) is 2.61. The van der Waals surface area contributed by atoms with E-state index in [9.17, 15) is 9.59 Å². The lowest BCUT2D eigenvalue weighted by Gasteiger charge is -2.19. The van der Waals surface area contributed by atoms with Gasteiger partial charge in [0.15, 0.2) is 0 Å². The molecule has 4 heteroatoms. The molecule has 0 fully saturated rings. The monoisotopic (exact) mass is 352 g/mol. The standard InChI is InChI=1S/C22H28N2O2/c1-22(2,3)19-13-11-18(12-14-19)21(26)24-16-20(25)23-15-7-10-17-8-5-4-6-9-17/h4-6,8-9,11-14H,7,10,15-16H2,1-3H3,(H,23,25)(H,24,26). The number of rotatable bonds is 7. The van der Waals surface area contributed by atoms with Crippen molar-refractivity contribution in [3.63, 3.8) is 0 Å². The normalized spacial score (nSPS) is 11.0. The molecule has 0 unspecified atom stereocenters. The van der Waals surface area contributed by atoms with E-state index in [1.165, 1.54) is 11.1 Å². The van der Waals surface area contributed by atoms with Gasteiger partial charge in [0.2, 0.25) is 5.91 Å². The highest BCUT2D eigenvalue weighted by atomic mass is 16.2. The molecule has 26 heavy (non-hydrogen) atoms. The first-order valence-electron chi connectivity index (χ1n) is 9.05. The summed E-state index contributed by atoms with van der Waals surface area (Å²) in [6, 6.07) is 17.7. The minimum absolute atomic E-state index is 0.00874. The fourth-order valence-electron chi connectivity index (χ4n) is 2.61. The Bertz CT molecular complexity index is 716. The third kappa shape index (κ3) is 6.36. The second-order valence-electron chi connectivity index (χ2n) is 7.45. The minimum atomic E-state index is -0.232. The summed E-state index contributed by atoms with van der Waals surface area (Å²) in [5, 5.41) is 5.50. The first kappa shape index (κ1) is 19.7. The summed E-state index contributed by atoms with van der Waals surface area (Å²) < 4.78 is 0. The van der Waals surface area contributed by atoms with E-state index in [1.807, 2.05) is 30.3 Å². The molecule has 4 nitrogen and oxygen atoms in total. The molecule has 0 atom stereocenters. The van der Waals surface area contributed by atoms with Gasteiger partial charge in [0, 0.05) is 12.1 Å². The van der Waals surface area contributed by atoms with Gasteiger partial charge >= 0.3 is 0 Å². The number of hydrogen-bond acceptors (Lipinski definition) is 2. The highest BCUT2D eigenvalue weighted by Gasteiger charge is 2.14. The Hall–Kier alpha value is -2.62. The maximum absolute atomic E-state index is 12.1. The summed E-state index contributed by atoms with van der Waals surface area (Å²) in [5.74, 6) is -0.400. The predicted molar refractivity (Wildman–Crippen MR) is 105 cm³/mol. The molecule has 0 radical (unpaired) electrons. The van der Waals surface area contributed by atoms with Gasteiger partial charge in [-0.1, -0.05) is 63.2 Å². The fraction of sp³-hybridized carbons (Fsp3) is 0.364. The quantitative estimate of drug-likeness (QED) is 0.750. The van der Waals surface area contributed by atoms with Crippen LogP contribution < -0.4 is 10.6 Å². The largest absolute Gasteiger partial charge is 0.355 e. The van der Waals surface area contributed by atoms with Gasteiger partial charge in [0.1, 0.15) is 0 Å². The maximum Gasteiger partial charge on any atom is 0.251 e. The summed E-state index contributed by atoms with van der Waals surface area (Å²) in [7, 11) is 0. The van der Waals surface area contributed by atoms with E-state index in [0.717, 1.165) is 12.8 Å². The molecular formula is C22H28N2O2. The summed E-state index contributed by atoms with van der Waals surface area (Å²) in [5.41, 5.74) is 3.04. The van der Waals surface area contributed by atoms with Crippen molar-refractivity contribution in [3.8, 4) is 0 Å². The topological polar surface area (TPSA) is 58.2 Å². The summed E-state index contributed by atoms with van der Waals surface area (Å²) in [6.07, 6.45) is 1.80. The third-order valence-electron chi connectivity index (χ3n) is 4.23. The van der Waals surface area contributed by atoms with E-state index in [1.54, 1.807) is 12.1 Å². The molecular weight excluding hydrogens is 324 g/mol. The van der Waals surface area contributed by atoms with Gasteiger partial charge in [0.05, 0.1) is 6.54 Å². The number of carbonyl (C=O) groups excluding carboxylic acids is 2. The molecule has 0 aromatic heterocycles. The summed E-state index contributed by atoms with van der Waals surface area (Å²) in [6.45, 7) is 6.98. The van der Waals surface area contributed by atoms with Crippen LogP contribution in [-0.2, 0) is 16.6 Å². The van der Waals surface area contributed by atoms with E-state index in [-0.39, 0.29) is 23.8 Å². The van der Waals surface area contributed by atoms with Crippen LogP contribution in [0.1, 0.15) is 48.7 Å². The van der Waals surface area contributed by atoms with E-state index in [0.29, 0.717) is 12.1 Å². The summed E-state index contributed by atoms with van der Waals surface area (Å²) >= 11 is 0. The van der Waals surface area contributed by atoms with Crippen molar-refractivity contribution in [1.82, 2.24) is 10.6 Å². The number of hydrogen-bond donors (Lipinski definition) is 2. The maximum atomic E-state index is 12.1. The van der Waals surface area contributed by atoms with Gasteiger partial charge in [-0.3, -0.25) is 9.59 Å². The smallest absolute Gasteiger partial charge is 0.251 e. The van der Waals surface area contributed by atoms with Gasteiger partial charge in [-0.25, -0.2) is 0 Å². The highest BCUT2D eigenvalue weighted by molar-refractivity contribution is 5.96. The molecule has 0 spiro atoms. The van der Waals surface area contributed by atoms with E-state index >= 15 is 0 Å². The molecule has 0 saturated carbocycles. The zero-order valence-electron chi connectivity index (χ0n) is 15.8. The van der Waals surface area contributed by atoms with Crippen molar-refractivity contribution in [2.75, 3.05) is 13.1 Å². The Kier molecular flexibility index (Phi) is 6.96. The van der Waals surface area contributed by atoms with E-state index in [4.69, 9.17) is 0 Å². The molecule has 0 saturated heterocycles. The molecule has 2 aromatic rings. The molecule has 2 rings (SSSR count). The van der Waals surface area contributed by atoms with Crippen molar-refractivity contribution in [2.45, 2.75) is 39.0 Å². The van der Waals surface area contributed by atoms with Gasteiger partial charge < -0.3 is 10.6 Å². The van der Waals surface area contributed by atoms with Crippen LogP contribution in [0, 0.1) is 0 Å². The Morgan fingerprint density at radius 2 is 1.54 bits per heavy atom. The average Bonchev–Trinajstić information content (AvgIpc) is 2.63. The van der Waals surface area contributed by atoms with Crippen molar-refractivity contribution in [1.29, 1.82) is 0 Å². The molecule has 138 valence electrons. The predicted octanol–water partition coefficient (Wildman–Crippen LogP) is 3.46. The van der Waals surface area contributed by atoms with Gasteiger partial charge in [-0.05, 0) is 41.5 Å². The number of amides is 2. The minimum Gasteiger partial charge on any atom is -0.355 e. The van der Waals surface area contributed by atoms with Crippen molar-refractivity contribution >= 4 is 11.8 Å². The lowest BCUT2D eigenvalue weighted by Crippen LogP contribution is -2.37. The molecule has 0 bridgehead atoms. The molecule has 2 N–H and O–H groups in total. The van der Waals surface area contributed by atoms with Crippen LogP contribution in [-0.4, -0.2) is 24.9 Å². The first-order chi connectivity index (χ1) is 12.4. The van der Waals surface area contributed by atoms with Crippen LogP contribution in [0.5, 0.6) is 0 Å². The average molecular weight is 352 g/mol. The zero-order valence-corrected chi connectivity index (χ0v) is 15.8. The second kappa shape index (κ2) is 9.18. The van der Waals surface area contributed by atoms with Crippen molar-refractivity contribution in [2.24, 2.45) is 0 Å². The van der Waals surface area contributed by atoms with Crippen LogP contribution in [0.15, 0.2) is 54.6 Å². The van der Waals surface area contributed by atoms with Crippen LogP contribution >= 0.6 is 0 Å². The number of carbonyl (C=O) groups is 2. The van der Waals surface area contributed by atoms with Crippen LogP contribution in [0.2, 0.25) is 0 Å². The van der Waals surface area contributed by atoms with Crippen LogP contribution in [0.4, 0.5) is 0 Å². The Morgan fingerprint density at radius 1 is 0.885 bits per heavy atom. The number of nitrogens with one attached hydrogen (secondary N) is 2. The van der Waals surface area contributed by atoms with Gasteiger partial charge in [-0.15, -0.1) is 0 Å². The van der Waals surface area contributed by atoms with E-state index in [2.05, 4.69) is 43.5 Å². The first-order valence-corrected chi connectivity index (χ1v) is 9.05. The molecule has 0 aliphatic heterocycles. The van der Waals surface area contributed by atoms with Crippen LogP contribution in [0.3, 0.4) is 0 Å². The van der Waals surface area contributed by atoms with Crippen molar-refractivity contribution in [3.05, 3.63) is 71.3 Å². The third-order valence-corrected chi connectivity index (χ3v) is 4.23. The molecule has 0 aliphatic carbocycles. The zero-order chi connectivity index (χ0) is 19.0. The lowest BCUT2D eigenvalue weighted by molar-refractivity contribution is -0.120. The molecule has 0 heterocycles. The molecule has 2 aromatic carbocycles. The Labute approximate surface area is 156 Å². The number of aryl methyl sites for hydroxylation is 1. The molecule has 0 aliphatic rings. The Balaban J connectivity index is 1.69. The second-order valence-corrected chi connectivity index (χ2v) is 7.45. The molecule has 2 amide bonds. The lowest BCUT2D eigenvalue weighted by atomic mass is 9.87. The SMILES string of the molecule is CC(C)(C)c1ccc(C(=O)NCC(=O)NCCCc2ccccc2)cc1. The van der Waals surface area contributed by atoms with E-state index < -0.39 is 0 Å². The number of benzene rings is 2. The van der Waals surface area contributed by atoms with Gasteiger partial charge in [0.25, 0.3) is 5.91 Å². The van der Waals surface area contributed by atoms with Gasteiger partial charge in [-0.2, -0.15) is 0 Å².